The number of aromatic nitrogens is 2. The summed E-state index contributed by atoms with van der Waals surface area (Å²) in [4.78, 5) is 19.4. The van der Waals surface area contributed by atoms with E-state index in [0.29, 0.717) is 17.3 Å². The Labute approximate surface area is 122 Å². The van der Waals surface area contributed by atoms with Gasteiger partial charge in [-0.3, -0.25) is 4.79 Å². The van der Waals surface area contributed by atoms with Crippen LogP contribution in [0.5, 0.6) is 0 Å². The topological polar surface area (TPSA) is 45.8 Å². The fraction of sp³-hybridized carbons (Fsp3) is 0.765. The molecule has 0 aliphatic heterocycles. The highest BCUT2D eigenvalue weighted by Gasteiger charge is 2.31. The van der Waals surface area contributed by atoms with Gasteiger partial charge in [-0.1, -0.05) is 34.6 Å². The summed E-state index contributed by atoms with van der Waals surface area (Å²) >= 11 is 0. The monoisotopic (exact) mass is 276 g/mol. The lowest BCUT2D eigenvalue weighted by molar-refractivity contribution is 0.167. The Morgan fingerprint density at radius 2 is 1.80 bits per heavy atom. The molecule has 0 amide bonds. The minimum atomic E-state index is -0.00311. The van der Waals surface area contributed by atoms with Crippen molar-refractivity contribution in [1.82, 2.24) is 9.97 Å². The molecule has 0 aromatic carbocycles. The minimum absolute atomic E-state index is 0.00311. The molecule has 1 fully saturated rings. The van der Waals surface area contributed by atoms with Crippen LogP contribution in [0.25, 0.3) is 0 Å². The first-order valence-corrected chi connectivity index (χ1v) is 7.88. The third-order valence-corrected chi connectivity index (χ3v) is 4.71. The van der Waals surface area contributed by atoms with Gasteiger partial charge in [-0.15, -0.1) is 0 Å². The maximum absolute atomic E-state index is 11.8. The lowest BCUT2D eigenvalue weighted by Gasteiger charge is -2.36. The Balaban J connectivity index is 2.13. The predicted molar refractivity (Wildman–Crippen MR) is 83.1 cm³/mol. The van der Waals surface area contributed by atoms with Gasteiger partial charge in [-0.05, 0) is 42.9 Å². The Kier molecular flexibility index (Phi) is 4.36. The molecule has 0 radical (unpaired) electrons. The van der Waals surface area contributed by atoms with E-state index in [1.165, 1.54) is 12.8 Å². The van der Waals surface area contributed by atoms with E-state index in [0.717, 1.165) is 30.3 Å². The van der Waals surface area contributed by atoms with Crippen molar-refractivity contribution < 1.29 is 0 Å². The second-order valence-corrected chi connectivity index (χ2v) is 7.62. The largest absolute Gasteiger partial charge is 0.310 e. The van der Waals surface area contributed by atoms with Crippen LogP contribution in [0, 0.1) is 11.3 Å². The first-order chi connectivity index (χ1) is 9.27. The molecule has 0 bridgehead atoms. The Morgan fingerprint density at radius 1 is 1.20 bits per heavy atom. The first-order valence-electron chi connectivity index (χ1n) is 7.88. The zero-order valence-electron chi connectivity index (χ0n) is 13.5. The van der Waals surface area contributed by atoms with Gasteiger partial charge in [-0.2, -0.15) is 0 Å². The molecule has 0 unspecified atom stereocenters. The average molecular weight is 276 g/mol. The smallest absolute Gasteiger partial charge is 0.251 e. The molecule has 112 valence electrons. The molecule has 20 heavy (non-hydrogen) atoms. The van der Waals surface area contributed by atoms with E-state index in [9.17, 15) is 4.79 Å². The van der Waals surface area contributed by atoms with Gasteiger partial charge in [0.2, 0.25) is 0 Å². The molecule has 0 atom stereocenters. The van der Waals surface area contributed by atoms with Crippen LogP contribution in [0.3, 0.4) is 0 Å². The summed E-state index contributed by atoms with van der Waals surface area (Å²) in [5.41, 5.74) is 1.31. The summed E-state index contributed by atoms with van der Waals surface area (Å²) in [5.74, 6) is 2.44. The molecule has 0 spiro atoms. The van der Waals surface area contributed by atoms with Crippen molar-refractivity contribution in [3.8, 4) is 0 Å². The second kappa shape index (κ2) is 5.71. The molecule has 1 N–H and O–H groups in total. The van der Waals surface area contributed by atoms with Crippen molar-refractivity contribution in [2.45, 2.75) is 72.1 Å². The van der Waals surface area contributed by atoms with Gasteiger partial charge in [0.1, 0.15) is 5.82 Å². The fourth-order valence-corrected chi connectivity index (χ4v) is 3.22. The highest BCUT2D eigenvalue weighted by Crippen LogP contribution is 2.42. The van der Waals surface area contributed by atoms with Gasteiger partial charge < -0.3 is 4.98 Å². The molecule has 3 nitrogen and oxygen atoms in total. The summed E-state index contributed by atoms with van der Waals surface area (Å²) in [7, 11) is 0. The number of H-pyrrole nitrogens is 1. The molecule has 1 aliphatic rings. The van der Waals surface area contributed by atoms with Crippen LogP contribution in [0.15, 0.2) is 10.9 Å². The third kappa shape index (κ3) is 3.50. The van der Waals surface area contributed by atoms with Crippen LogP contribution in [0.1, 0.15) is 83.7 Å². The number of hydrogen-bond donors (Lipinski definition) is 1. The second-order valence-electron chi connectivity index (χ2n) is 7.62. The molecule has 0 saturated heterocycles. The molecule has 1 saturated carbocycles. The van der Waals surface area contributed by atoms with Gasteiger partial charge in [0.25, 0.3) is 5.56 Å². The van der Waals surface area contributed by atoms with Gasteiger partial charge in [0, 0.05) is 12.0 Å². The number of hydrogen-bond acceptors (Lipinski definition) is 2. The van der Waals surface area contributed by atoms with Crippen LogP contribution in [-0.2, 0) is 0 Å². The van der Waals surface area contributed by atoms with Crippen molar-refractivity contribution in [2.75, 3.05) is 0 Å². The number of nitrogens with zero attached hydrogens (tertiary/aromatic N) is 1. The first kappa shape index (κ1) is 15.3. The van der Waals surface area contributed by atoms with Crippen LogP contribution < -0.4 is 5.56 Å². The maximum Gasteiger partial charge on any atom is 0.251 e. The van der Waals surface area contributed by atoms with Gasteiger partial charge in [0.05, 0.1) is 5.69 Å². The Hall–Kier alpha value is -1.12. The van der Waals surface area contributed by atoms with E-state index < -0.39 is 0 Å². The highest BCUT2D eigenvalue weighted by atomic mass is 16.1. The highest BCUT2D eigenvalue weighted by molar-refractivity contribution is 5.10. The van der Waals surface area contributed by atoms with E-state index in [1.807, 2.05) is 0 Å². The van der Waals surface area contributed by atoms with Crippen LogP contribution >= 0.6 is 0 Å². The number of rotatable bonds is 2. The SMILES string of the molecule is CC(C)c1cc(=O)[nH]c(C2CCC(C(C)(C)C)CC2)n1. The van der Waals surface area contributed by atoms with Gasteiger partial charge >= 0.3 is 0 Å². The average Bonchev–Trinajstić information content (AvgIpc) is 2.37. The van der Waals surface area contributed by atoms with Crippen LogP contribution in [0.2, 0.25) is 0 Å². The molecule has 3 heteroatoms. The molecule has 1 aromatic heterocycles. The fourth-order valence-electron chi connectivity index (χ4n) is 3.22. The van der Waals surface area contributed by atoms with Crippen molar-refractivity contribution >= 4 is 0 Å². The molecular weight excluding hydrogens is 248 g/mol. The number of nitrogens with one attached hydrogen (secondary N) is 1. The standard InChI is InChI=1S/C17H28N2O/c1-11(2)14-10-15(20)19-16(18-14)12-6-8-13(9-7-12)17(3,4)5/h10-13H,6-9H2,1-5H3,(H,18,19,20). The normalized spacial score (nSPS) is 24.1. The van der Waals surface area contributed by atoms with E-state index in [4.69, 9.17) is 0 Å². The summed E-state index contributed by atoms with van der Waals surface area (Å²) in [6.45, 7) is 11.2. The molecule has 2 rings (SSSR count). The summed E-state index contributed by atoms with van der Waals surface area (Å²) in [5, 5.41) is 0. The summed E-state index contributed by atoms with van der Waals surface area (Å²) in [6, 6.07) is 1.63. The minimum Gasteiger partial charge on any atom is -0.310 e. The lowest BCUT2D eigenvalue weighted by Crippen LogP contribution is -2.26. The summed E-state index contributed by atoms with van der Waals surface area (Å²) < 4.78 is 0. The third-order valence-electron chi connectivity index (χ3n) is 4.71. The van der Waals surface area contributed by atoms with E-state index in [-0.39, 0.29) is 5.56 Å². The Bertz CT molecular complexity index is 502. The Morgan fingerprint density at radius 3 is 2.30 bits per heavy atom. The van der Waals surface area contributed by atoms with Crippen molar-refractivity contribution in [2.24, 2.45) is 11.3 Å². The van der Waals surface area contributed by atoms with Gasteiger partial charge in [0.15, 0.2) is 0 Å². The van der Waals surface area contributed by atoms with Gasteiger partial charge in [-0.25, -0.2) is 4.98 Å². The van der Waals surface area contributed by atoms with Crippen LogP contribution in [0.4, 0.5) is 0 Å². The van der Waals surface area contributed by atoms with E-state index >= 15 is 0 Å². The van der Waals surface area contributed by atoms with E-state index in [1.54, 1.807) is 6.07 Å². The van der Waals surface area contributed by atoms with E-state index in [2.05, 4.69) is 44.6 Å². The summed E-state index contributed by atoms with van der Waals surface area (Å²) in [6.07, 6.45) is 4.77. The molecule has 1 aromatic rings. The quantitative estimate of drug-likeness (QED) is 0.879. The zero-order valence-corrected chi connectivity index (χ0v) is 13.5. The lowest BCUT2D eigenvalue weighted by atomic mass is 9.69. The van der Waals surface area contributed by atoms with Crippen molar-refractivity contribution in [1.29, 1.82) is 0 Å². The van der Waals surface area contributed by atoms with Crippen molar-refractivity contribution in [3.63, 3.8) is 0 Å². The number of aromatic amines is 1. The zero-order chi connectivity index (χ0) is 14.9. The maximum atomic E-state index is 11.8. The molecule has 1 heterocycles. The molecule has 1 aliphatic carbocycles. The van der Waals surface area contributed by atoms with Crippen molar-refractivity contribution in [3.05, 3.63) is 27.9 Å². The molecular formula is C17H28N2O. The van der Waals surface area contributed by atoms with Crippen LogP contribution in [-0.4, -0.2) is 9.97 Å². The predicted octanol–water partition coefficient (Wildman–Crippen LogP) is 4.21.